The second kappa shape index (κ2) is 7.64. The molecule has 0 aliphatic carbocycles. The number of nitrogens with one attached hydrogen (secondary N) is 1. The molecular formula is C21H20FN5O. The number of aryl methyl sites for hydroxylation is 2. The number of halogens is 1. The van der Waals surface area contributed by atoms with Crippen molar-refractivity contribution in [3.05, 3.63) is 78.0 Å². The van der Waals surface area contributed by atoms with Gasteiger partial charge in [-0.25, -0.2) is 4.39 Å². The molecule has 0 unspecified atom stereocenters. The molecule has 142 valence electrons. The lowest BCUT2D eigenvalue weighted by molar-refractivity contribution is -0.116. The Morgan fingerprint density at radius 3 is 2.86 bits per heavy atom. The van der Waals surface area contributed by atoms with E-state index in [2.05, 4.69) is 21.6 Å². The van der Waals surface area contributed by atoms with Gasteiger partial charge in [-0.15, -0.1) is 0 Å². The van der Waals surface area contributed by atoms with Crippen molar-refractivity contribution in [1.29, 1.82) is 0 Å². The zero-order valence-corrected chi connectivity index (χ0v) is 15.5. The fourth-order valence-corrected chi connectivity index (χ4v) is 3.11. The number of fused-ring (bicyclic) bond motifs is 1. The second-order valence-electron chi connectivity index (χ2n) is 6.75. The molecule has 7 heteroatoms. The first kappa shape index (κ1) is 17.9. The van der Waals surface area contributed by atoms with E-state index in [0.29, 0.717) is 30.8 Å². The van der Waals surface area contributed by atoms with Crippen LogP contribution in [-0.2, 0) is 17.9 Å². The molecule has 0 atom stereocenters. The summed E-state index contributed by atoms with van der Waals surface area (Å²) in [6.45, 7) is 2.83. The van der Waals surface area contributed by atoms with Crippen molar-refractivity contribution in [2.45, 2.75) is 26.4 Å². The van der Waals surface area contributed by atoms with Crippen LogP contribution in [0.5, 0.6) is 0 Å². The zero-order valence-electron chi connectivity index (χ0n) is 15.5. The van der Waals surface area contributed by atoms with Crippen LogP contribution in [0.1, 0.15) is 17.5 Å². The maximum Gasteiger partial charge on any atom is 0.226 e. The standard InChI is InChI=1S/C21H20FN5O/c1-15-6-7-16-11-24-27(20(16)10-15)9-8-21(28)25-18-12-23-26(14-18)13-17-4-2-3-5-19(17)22/h2-7,10-12,14H,8-9,13H2,1H3,(H,25,28). The lowest BCUT2D eigenvalue weighted by Crippen LogP contribution is -2.14. The number of anilines is 1. The number of hydrogen-bond acceptors (Lipinski definition) is 3. The predicted molar refractivity (Wildman–Crippen MR) is 105 cm³/mol. The first-order valence-electron chi connectivity index (χ1n) is 9.06. The second-order valence-corrected chi connectivity index (χ2v) is 6.75. The van der Waals surface area contributed by atoms with Gasteiger partial charge in [0.1, 0.15) is 5.82 Å². The molecule has 1 N–H and O–H groups in total. The van der Waals surface area contributed by atoms with Crippen molar-refractivity contribution < 1.29 is 9.18 Å². The van der Waals surface area contributed by atoms with Crippen LogP contribution < -0.4 is 5.32 Å². The summed E-state index contributed by atoms with van der Waals surface area (Å²) in [7, 11) is 0. The highest BCUT2D eigenvalue weighted by atomic mass is 19.1. The summed E-state index contributed by atoms with van der Waals surface area (Å²) in [6, 6.07) is 12.7. The van der Waals surface area contributed by atoms with E-state index >= 15 is 0 Å². The van der Waals surface area contributed by atoms with Crippen LogP contribution in [0.2, 0.25) is 0 Å². The molecule has 2 aromatic heterocycles. The summed E-state index contributed by atoms with van der Waals surface area (Å²) in [5.41, 5.74) is 3.30. The van der Waals surface area contributed by atoms with E-state index in [-0.39, 0.29) is 11.7 Å². The summed E-state index contributed by atoms with van der Waals surface area (Å²) >= 11 is 0. The summed E-state index contributed by atoms with van der Waals surface area (Å²) in [5.74, 6) is -0.396. The maximum absolute atomic E-state index is 13.7. The van der Waals surface area contributed by atoms with E-state index in [1.807, 2.05) is 23.7 Å². The van der Waals surface area contributed by atoms with Crippen molar-refractivity contribution >= 4 is 22.5 Å². The minimum absolute atomic E-state index is 0.123. The number of aromatic nitrogens is 4. The van der Waals surface area contributed by atoms with Gasteiger partial charge in [0.2, 0.25) is 5.91 Å². The SMILES string of the molecule is Cc1ccc2cnn(CCC(=O)Nc3cnn(Cc4ccccc4F)c3)c2c1. The van der Waals surface area contributed by atoms with Crippen LogP contribution in [0.4, 0.5) is 10.1 Å². The van der Waals surface area contributed by atoms with Gasteiger partial charge >= 0.3 is 0 Å². The zero-order chi connectivity index (χ0) is 19.5. The molecule has 0 saturated carbocycles. The summed E-state index contributed by atoms with van der Waals surface area (Å²) in [4.78, 5) is 12.3. The van der Waals surface area contributed by atoms with Gasteiger partial charge in [0, 0.05) is 23.6 Å². The third-order valence-corrected chi connectivity index (χ3v) is 4.56. The molecule has 0 aliphatic rings. The number of carbonyl (C=O) groups excluding carboxylic acids is 1. The first-order valence-corrected chi connectivity index (χ1v) is 9.06. The Morgan fingerprint density at radius 1 is 1.14 bits per heavy atom. The van der Waals surface area contributed by atoms with Crippen LogP contribution in [0.15, 0.2) is 61.1 Å². The molecule has 2 heterocycles. The molecule has 4 aromatic rings. The van der Waals surface area contributed by atoms with Crippen LogP contribution >= 0.6 is 0 Å². The molecule has 2 aromatic carbocycles. The highest BCUT2D eigenvalue weighted by Gasteiger charge is 2.09. The maximum atomic E-state index is 13.7. The van der Waals surface area contributed by atoms with Gasteiger partial charge in [-0.2, -0.15) is 10.2 Å². The fraction of sp³-hybridized carbons (Fsp3) is 0.190. The third-order valence-electron chi connectivity index (χ3n) is 4.56. The van der Waals surface area contributed by atoms with Crippen molar-refractivity contribution in [1.82, 2.24) is 19.6 Å². The van der Waals surface area contributed by atoms with Crippen molar-refractivity contribution in [3.8, 4) is 0 Å². The molecule has 0 fully saturated rings. The van der Waals surface area contributed by atoms with E-state index in [0.717, 1.165) is 16.5 Å². The number of hydrogen-bond donors (Lipinski definition) is 1. The molecular weight excluding hydrogens is 357 g/mol. The Balaban J connectivity index is 1.36. The quantitative estimate of drug-likeness (QED) is 0.556. The van der Waals surface area contributed by atoms with Gasteiger partial charge in [-0.3, -0.25) is 14.2 Å². The summed E-state index contributed by atoms with van der Waals surface area (Å²) in [5, 5.41) is 12.4. The monoisotopic (exact) mass is 377 g/mol. The molecule has 4 rings (SSSR count). The van der Waals surface area contributed by atoms with Gasteiger partial charge in [-0.05, 0) is 24.6 Å². The van der Waals surface area contributed by atoms with Gasteiger partial charge in [-0.1, -0.05) is 30.3 Å². The molecule has 28 heavy (non-hydrogen) atoms. The van der Waals surface area contributed by atoms with Crippen molar-refractivity contribution in [2.24, 2.45) is 0 Å². The van der Waals surface area contributed by atoms with Crippen LogP contribution in [0.3, 0.4) is 0 Å². The molecule has 0 bridgehead atoms. The van der Waals surface area contributed by atoms with Crippen molar-refractivity contribution in [3.63, 3.8) is 0 Å². The number of nitrogens with zero attached hydrogens (tertiary/aromatic N) is 4. The molecule has 0 spiro atoms. The highest BCUT2D eigenvalue weighted by molar-refractivity contribution is 5.90. The molecule has 1 amide bonds. The van der Waals surface area contributed by atoms with E-state index in [4.69, 9.17) is 0 Å². The lowest BCUT2D eigenvalue weighted by atomic mass is 10.2. The minimum Gasteiger partial charge on any atom is -0.323 e. The smallest absolute Gasteiger partial charge is 0.226 e. The van der Waals surface area contributed by atoms with Gasteiger partial charge in [0.25, 0.3) is 0 Å². The minimum atomic E-state index is -0.273. The van der Waals surface area contributed by atoms with Crippen LogP contribution in [0, 0.1) is 12.7 Å². The number of amides is 1. The number of carbonyl (C=O) groups is 1. The Kier molecular flexibility index (Phi) is 4.89. The van der Waals surface area contributed by atoms with E-state index < -0.39 is 0 Å². The third kappa shape index (κ3) is 3.93. The normalized spacial score (nSPS) is 11.1. The topological polar surface area (TPSA) is 64.7 Å². The Morgan fingerprint density at radius 2 is 2.00 bits per heavy atom. The summed E-state index contributed by atoms with van der Waals surface area (Å²) in [6.07, 6.45) is 5.35. The number of rotatable bonds is 6. The molecule has 0 aliphatic heterocycles. The van der Waals surface area contributed by atoms with Gasteiger partial charge < -0.3 is 5.32 Å². The van der Waals surface area contributed by atoms with Crippen molar-refractivity contribution in [2.75, 3.05) is 5.32 Å². The first-order chi connectivity index (χ1) is 13.6. The van der Waals surface area contributed by atoms with Crippen LogP contribution in [-0.4, -0.2) is 25.5 Å². The summed E-state index contributed by atoms with van der Waals surface area (Å²) < 4.78 is 17.2. The van der Waals surface area contributed by atoms with Gasteiger partial charge in [0.05, 0.1) is 36.7 Å². The van der Waals surface area contributed by atoms with Crippen LogP contribution in [0.25, 0.3) is 10.9 Å². The Hall–Kier alpha value is -3.48. The Bertz CT molecular complexity index is 1130. The average Bonchev–Trinajstić information content (AvgIpc) is 3.28. The molecule has 6 nitrogen and oxygen atoms in total. The lowest BCUT2D eigenvalue weighted by Gasteiger charge is -2.05. The molecule has 0 radical (unpaired) electrons. The largest absolute Gasteiger partial charge is 0.323 e. The molecule has 0 saturated heterocycles. The average molecular weight is 377 g/mol. The van der Waals surface area contributed by atoms with E-state index in [9.17, 15) is 9.18 Å². The number of benzene rings is 2. The fourth-order valence-electron chi connectivity index (χ4n) is 3.11. The highest BCUT2D eigenvalue weighted by Crippen LogP contribution is 2.16. The van der Waals surface area contributed by atoms with Gasteiger partial charge in [0.15, 0.2) is 0 Å². The van der Waals surface area contributed by atoms with E-state index in [1.54, 1.807) is 41.5 Å². The predicted octanol–water partition coefficient (Wildman–Crippen LogP) is 3.76. The Labute approximate surface area is 161 Å². The van der Waals surface area contributed by atoms with E-state index in [1.165, 1.54) is 6.07 Å².